The first-order valence-corrected chi connectivity index (χ1v) is 24.8. The van der Waals surface area contributed by atoms with Crippen LogP contribution in [-0.2, 0) is 43.0 Å². The van der Waals surface area contributed by atoms with Gasteiger partial charge in [0, 0.05) is 50.7 Å². The number of carbonyl (C=O) groups excluding carboxylic acids is 1. The molecule has 12 nitrogen and oxygen atoms in total. The predicted octanol–water partition coefficient (Wildman–Crippen LogP) is 8.85. The number of carbonyl (C=O) groups is 1. The lowest BCUT2D eigenvalue weighted by Gasteiger charge is -2.49. The molecule has 4 aromatic rings. The zero-order valence-corrected chi connectivity index (χ0v) is 40.8. The molecule has 1 aliphatic carbocycles. The number of nitrogens with zero attached hydrogens (tertiary/aromatic N) is 2. The summed E-state index contributed by atoms with van der Waals surface area (Å²) >= 11 is 0. The van der Waals surface area contributed by atoms with Gasteiger partial charge in [-0.1, -0.05) is 55.8 Å². The summed E-state index contributed by atoms with van der Waals surface area (Å²) in [5, 5.41) is 9.17. The Kier molecular flexibility index (Phi) is 15.3. The first-order valence-electron chi connectivity index (χ1n) is 24.8. The molecule has 68 heavy (non-hydrogen) atoms. The van der Waals surface area contributed by atoms with E-state index in [0.717, 1.165) is 62.3 Å². The fraction of sp³-hybridized carbons (Fsp3) is 0.518. The number of benzene rings is 4. The molecule has 0 aromatic heterocycles. The normalized spacial score (nSPS) is 23.8. The van der Waals surface area contributed by atoms with Gasteiger partial charge in [0.1, 0.15) is 0 Å². The van der Waals surface area contributed by atoms with Crippen LogP contribution in [0.2, 0.25) is 0 Å². The number of allylic oxidation sites excluding steroid dienone is 1. The van der Waals surface area contributed by atoms with E-state index >= 15 is 4.79 Å². The van der Waals surface area contributed by atoms with Gasteiger partial charge in [0.25, 0.3) is 5.91 Å². The number of aliphatic hydroxyl groups is 1. The molecule has 1 N–H and O–H groups in total. The third kappa shape index (κ3) is 9.47. The van der Waals surface area contributed by atoms with Crippen LogP contribution in [0.5, 0.6) is 23.0 Å². The molecule has 9 rings (SSSR count). The first-order chi connectivity index (χ1) is 33.3. The van der Waals surface area contributed by atoms with Crippen LogP contribution in [-0.4, -0.2) is 115 Å². The van der Waals surface area contributed by atoms with Gasteiger partial charge in [-0.25, -0.2) is 0 Å². The summed E-state index contributed by atoms with van der Waals surface area (Å²) in [6.45, 7) is 8.77. The van der Waals surface area contributed by atoms with Gasteiger partial charge in [-0.15, -0.1) is 0 Å². The van der Waals surface area contributed by atoms with Crippen LogP contribution < -0.4 is 18.9 Å². The number of hydrogen-bond acceptors (Lipinski definition) is 11. The number of piperidine rings is 1. The summed E-state index contributed by atoms with van der Waals surface area (Å²) in [6.07, 6.45) is 7.32. The van der Waals surface area contributed by atoms with Crippen molar-refractivity contribution in [3.8, 4) is 34.1 Å². The molecule has 0 saturated carbocycles. The van der Waals surface area contributed by atoms with Gasteiger partial charge in [-0.05, 0) is 138 Å². The smallest absolute Gasteiger partial charge is 0.289 e. The molecule has 364 valence electrons. The highest BCUT2D eigenvalue weighted by Crippen LogP contribution is 2.51. The summed E-state index contributed by atoms with van der Waals surface area (Å²) in [5.74, 6) is 3.52. The summed E-state index contributed by atoms with van der Waals surface area (Å²) < 4.78 is 48.3. The Morgan fingerprint density at radius 3 is 2.13 bits per heavy atom. The second-order valence-electron chi connectivity index (χ2n) is 18.8. The van der Waals surface area contributed by atoms with E-state index in [1.54, 1.807) is 28.4 Å². The maximum atomic E-state index is 15.7. The van der Waals surface area contributed by atoms with Gasteiger partial charge in [0.2, 0.25) is 6.29 Å². The number of ether oxygens (including phenoxy) is 8. The summed E-state index contributed by atoms with van der Waals surface area (Å²) in [7, 11) is 6.77. The SMILES string of the molecule is CCO[C@@H]1OC(C(=O)N2CCc3cc(OC)c(OC)cc3[C@H]2C[C@H]2C[C@H]3c4cc(OC)c(OC)cc4CCN3C[C@@H]2CC)=C[C@H](c2cccc3c2Cc2ccccc2-3)[C@@H]1CCOCCOCCO. The Labute approximate surface area is 402 Å². The second-order valence-corrected chi connectivity index (χ2v) is 18.8. The average molecular weight is 931 g/mol. The van der Waals surface area contributed by atoms with Crippen LogP contribution in [0.3, 0.4) is 0 Å². The van der Waals surface area contributed by atoms with Crippen LogP contribution in [0.4, 0.5) is 0 Å². The van der Waals surface area contributed by atoms with Crippen LogP contribution >= 0.6 is 0 Å². The predicted molar refractivity (Wildman–Crippen MR) is 261 cm³/mol. The van der Waals surface area contributed by atoms with Crippen LogP contribution in [0.1, 0.15) is 96.5 Å². The molecule has 1 fully saturated rings. The number of methoxy groups -OCH3 is 4. The summed E-state index contributed by atoms with van der Waals surface area (Å²) in [4.78, 5) is 20.5. The maximum absolute atomic E-state index is 15.7. The van der Waals surface area contributed by atoms with Gasteiger partial charge in [0.05, 0.1) is 60.9 Å². The minimum atomic E-state index is -0.682. The van der Waals surface area contributed by atoms with Crippen LogP contribution in [0.25, 0.3) is 11.1 Å². The molecule has 4 aliphatic heterocycles. The molecule has 0 bridgehead atoms. The number of hydrogen-bond donors (Lipinski definition) is 1. The van der Waals surface area contributed by atoms with Crippen molar-refractivity contribution in [2.24, 2.45) is 17.8 Å². The lowest BCUT2D eigenvalue weighted by atomic mass is 9.72. The van der Waals surface area contributed by atoms with E-state index in [9.17, 15) is 0 Å². The lowest BCUT2D eigenvalue weighted by Crippen LogP contribution is -2.48. The molecule has 12 heteroatoms. The highest BCUT2D eigenvalue weighted by atomic mass is 16.7. The van der Waals surface area contributed by atoms with Crippen molar-refractivity contribution >= 4 is 5.91 Å². The monoisotopic (exact) mass is 931 g/mol. The van der Waals surface area contributed by atoms with Crippen LogP contribution in [0, 0.1) is 17.8 Å². The fourth-order valence-corrected chi connectivity index (χ4v) is 12.1. The highest BCUT2D eigenvalue weighted by Gasteiger charge is 2.45. The second kappa shape index (κ2) is 21.7. The first kappa shape index (κ1) is 47.9. The van der Waals surface area contributed by atoms with E-state index < -0.39 is 6.29 Å². The van der Waals surface area contributed by atoms with Gasteiger partial charge in [-0.2, -0.15) is 0 Å². The molecule has 1 amide bonds. The molecule has 4 aromatic carbocycles. The van der Waals surface area contributed by atoms with E-state index in [4.69, 9.17) is 43.0 Å². The molecule has 7 atom stereocenters. The zero-order chi connectivity index (χ0) is 47.3. The third-order valence-electron chi connectivity index (χ3n) is 15.5. The third-order valence-corrected chi connectivity index (χ3v) is 15.5. The minimum absolute atomic E-state index is 0.0240. The van der Waals surface area contributed by atoms with Gasteiger partial charge >= 0.3 is 0 Å². The van der Waals surface area contributed by atoms with Gasteiger partial charge in [-0.3, -0.25) is 9.69 Å². The quantitative estimate of drug-likeness (QED) is 0.0801. The Balaban J connectivity index is 1.08. The Hall–Kier alpha value is -5.11. The molecule has 4 heterocycles. The molecule has 1 saturated heterocycles. The molecule has 0 radical (unpaired) electrons. The Morgan fingerprint density at radius 2 is 1.41 bits per heavy atom. The summed E-state index contributed by atoms with van der Waals surface area (Å²) in [5.41, 5.74) is 11.2. The molecule has 0 spiro atoms. The summed E-state index contributed by atoms with van der Waals surface area (Å²) in [6, 6.07) is 23.8. The number of amides is 1. The Morgan fingerprint density at radius 1 is 0.735 bits per heavy atom. The van der Waals surface area contributed by atoms with Crippen molar-refractivity contribution < 1.29 is 47.8 Å². The minimum Gasteiger partial charge on any atom is -0.493 e. The topological polar surface area (TPSA) is 118 Å². The molecule has 5 aliphatic rings. The standard InChI is InChI=1S/C56H70N2O10/c1-7-35-34-57-19-16-37-29-50(61-3)52(63-5)31-44(37)48(57)27-39(35)28-49-45-32-53(64-6)51(62-4)30-38(45)17-20-58(49)55(60)54-33-47(42-15-11-14-41-40-13-10-9-12-36(40)26-46(41)42)43(56(68-54)67-8-2)18-22-65-24-25-66-23-21-59/h9-15,29-33,35,39,43,47-49,56,59H,7-8,16-28,34H2,1-6H3/t35-,39+,43-,47+,48-,49+,56+/m0/s1. The number of rotatable bonds is 19. The maximum Gasteiger partial charge on any atom is 0.289 e. The highest BCUT2D eigenvalue weighted by molar-refractivity contribution is 5.92. The van der Waals surface area contributed by atoms with E-state index in [2.05, 4.69) is 89.5 Å². The van der Waals surface area contributed by atoms with E-state index in [1.807, 2.05) is 6.92 Å². The van der Waals surface area contributed by atoms with Gasteiger partial charge in [0.15, 0.2) is 28.8 Å². The van der Waals surface area contributed by atoms with Gasteiger partial charge < -0.3 is 47.9 Å². The van der Waals surface area contributed by atoms with E-state index in [0.29, 0.717) is 74.9 Å². The molecular formula is C56H70N2O10. The van der Waals surface area contributed by atoms with E-state index in [1.165, 1.54) is 44.5 Å². The number of aliphatic hydroxyl groups excluding tert-OH is 1. The number of fused-ring (bicyclic) bond motifs is 7. The lowest BCUT2D eigenvalue weighted by molar-refractivity contribution is -0.173. The van der Waals surface area contributed by atoms with Crippen molar-refractivity contribution in [3.63, 3.8) is 0 Å². The average Bonchev–Trinajstić information content (AvgIpc) is 3.76. The van der Waals surface area contributed by atoms with Crippen molar-refractivity contribution in [1.29, 1.82) is 0 Å². The van der Waals surface area contributed by atoms with Crippen molar-refractivity contribution in [1.82, 2.24) is 9.80 Å². The largest absolute Gasteiger partial charge is 0.493 e. The van der Waals surface area contributed by atoms with Crippen molar-refractivity contribution in [3.05, 3.63) is 118 Å². The molecular weight excluding hydrogens is 861 g/mol. The zero-order valence-electron chi connectivity index (χ0n) is 40.8. The Bertz CT molecular complexity index is 2440. The molecule has 0 unspecified atom stereocenters. The van der Waals surface area contributed by atoms with Crippen molar-refractivity contribution in [2.75, 3.05) is 87.7 Å². The van der Waals surface area contributed by atoms with E-state index in [-0.39, 0.29) is 43.0 Å². The van der Waals surface area contributed by atoms with Crippen LogP contribution in [0.15, 0.2) is 78.6 Å². The van der Waals surface area contributed by atoms with Crippen molar-refractivity contribution in [2.45, 2.75) is 83.1 Å². The fourth-order valence-electron chi connectivity index (χ4n) is 12.1.